The largest absolute Gasteiger partial charge is 0.282 e. The lowest BCUT2D eigenvalue weighted by molar-refractivity contribution is -0.109. The maximum Gasteiger partial charge on any atom is 0.218 e. The second-order valence-electron chi connectivity index (χ2n) is 0.470. The molecule has 0 amide bonds. The summed E-state index contributed by atoms with van der Waals surface area (Å²) in [6, 6.07) is 0. The van der Waals surface area contributed by atoms with E-state index in [2.05, 4.69) is 11.6 Å². The van der Waals surface area contributed by atoms with Crippen LogP contribution < -0.4 is 0 Å². The fourth-order valence-electron chi connectivity index (χ4n) is 0. The molecule has 0 spiro atoms. The minimum absolute atomic E-state index is 0.361. The summed E-state index contributed by atoms with van der Waals surface area (Å²) in [4.78, 5) is 9.21. The summed E-state index contributed by atoms with van der Waals surface area (Å²) in [5, 5.41) is -0.361. The molecule has 0 bridgehead atoms. The molecule has 0 unspecified atom stereocenters. The Morgan fingerprint density at radius 1 is 2.00 bits per heavy atom. The van der Waals surface area contributed by atoms with Crippen molar-refractivity contribution in [1.29, 1.82) is 0 Å². The van der Waals surface area contributed by atoms with Crippen LogP contribution in [0.25, 0.3) is 0 Å². The van der Waals surface area contributed by atoms with Crippen LogP contribution in [0.2, 0.25) is 0 Å². The van der Waals surface area contributed by atoms with Gasteiger partial charge in [-0.15, -0.1) is 0 Å². The highest BCUT2D eigenvalue weighted by atomic mass is 35.5. The predicted octanol–water partition coefficient (Wildman–Crippen LogP) is 0.772. The van der Waals surface area contributed by atoms with Crippen molar-refractivity contribution in [3.05, 3.63) is 0 Å². The van der Waals surface area contributed by atoms with E-state index >= 15 is 0 Å². The van der Waals surface area contributed by atoms with Crippen LogP contribution in [0.3, 0.4) is 0 Å². The fourth-order valence-corrected chi connectivity index (χ4v) is 0. The van der Waals surface area contributed by atoms with Gasteiger partial charge in [-0.1, -0.05) is 0 Å². The Morgan fingerprint density at radius 2 is 2.00 bits per heavy atom. The van der Waals surface area contributed by atoms with Crippen molar-refractivity contribution in [2.24, 2.45) is 0 Å². The lowest BCUT2D eigenvalue weighted by Crippen LogP contribution is -1.62. The summed E-state index contributed by atoms with van der Waals surface area (Å²) in [6.07, 6.45) is 0. The zero-order valence-electron chi connectivity index (χ0n) is 2.29. The lowest BCUT2D eigenvalue weighted by Gasteiger charge is -1.52. The van der Waals surface area contributed by atoms with E-state index in [-0.39, 0.29) is 5.24 Å². The maximum absolute atomic E-state index is 9.21. The molecule has 0 atom stereocenters. The average molecular weight is 80.5 g/mol. The molecule has 0 aromatic rings. The van der Waals surface area contributed by atoms with E-state index in [4.69, 9.17) is 0 Å². The van der Waals surface area contributed by atoms with E-state index in [1.165, 1.54) is 6.92 Å². The standard InChI is InChI=1S/C2H3ClO/c1-2(3)4/h1H3/i1+2. The Bertz CT molecular complexity index is 29.0. The smallest absolute Gasteiger partial charge is 0.218 e. The molecule has 0 radical (unpaired) electrons. The first-order valence-electron chi connectivity index (χ1n) is 0.893. The number of hydrogen-bond acceptors (Lipinski definition) is 1. The second-order valence-corrected chi connectivity index (χ2v) is 1.00. The van der Waals surface area contributed by atoms with E-state index in [1.54, 1.807) is 0 Å². The number of rotatable bonds is 0. The normalized spacial score (nSPS) is 6.50. The van der Waals surface area contributed by atoms with Gasteiger partial charge < -0.3 is 0 Å². The Hall–Kier alpha value is -0.0400. The third-order valence-electron chi connectivity index (χ3n) is 0. The van der Waals surface area contributed by atoms with Crippen molar-refractivity contribution >= 4 is 16.8 Å². The van der Waals surface area contributed by atoms with Gasteiger partial charge in [0.15, 0.2) is 0 Å². The quantitative estimate of drug-likeness (QED) is 0.393. The van der Waals surface area contributed by atoms with Gasteiger partial charge in [-0.3, -0.25) is 4.79 Å². The van der Waals surface area contributed by atoms with E-state index < -0.39 is 0 Å². The van der Waals surface area contributed by atoms with Gasteiger partial charge in [0.2, 0.25) is 5.24 Å². The molecule has 0 aliphatic heterocycles. The summed E-state index contributed by atoms with van der Waals surface area (Å²) in [5.41, 5.74) is 0. The minimum atomic E-state index is -0.361. The van der Waals surface area contributed by atoms with Crippen LogP contribution in [-0.4, -0.2) is 5.24 Å². The highest BCUT2D eigenvalue weighted by Crippen LogP contribution is 1.67. The first-order valence-corrected chi connectivity index (χ1v) is 1.27. The third-order valence-corrected chi connectivity index (χ3v) is 0. The van der Waals surface area contributed by atoms with E-state index in [1.807, 2.05) is 0 Å². The molecule has 24 valence electrons. The predicted molar refractivity (Wildman–Crippen MR) is 16.5 cm³/mol. The molecular formula is C2H3ClO. The molecule has 0 aromatic heterocycles. The lowest BCUT2D eigenvalue weighted by atomic mass is 11.5. The molecular weight excluding hydrogens is 77.5 g/mol. The van der Waals surface area contributed by atoms with Crippen molar-refractivity contribution < 1.29 is 4.79 Å². The Kier molecular flexibility index (Phi) is 1.28. The highest BCUT2D eigenvalue weighted by molar-refractivity contribution is 6.62. The van der Waals surface area contributed by atoms with Crippen molar-refractivity contribution in [2.75, 3.05) is 0 Å². The molecule has 2 heteroatoms. The topological polar surface area (TPSA) is 17.1 Å². The molecule has 0 heterocycles. The van der Waals surface area contributed by atoms with Gasteiger partial charge in [0.25, 0.3) is 0 Å². The first kappa shape index (κ1) is 3.96. The summed E-state index contributed by atoms with van der Waals surface area (Å²) < 4.78 is 0. The van der Waals surface area contributed by atoms with Crippen LogP contribution in [0.1, 0.15) is 6.92 Å². The van der Waals surface area contributed by atoms with Crippen LogP contribution in [0.15, 0.2) is 0 Å². The summed E-state index contributed by atoms with van der Waals surface area (Å²) in [5.74, 6) is 0. The first-order chi connectivity index (χ1) is 1.73. The van der Waals surface area contributed by atoms with Gasteiger partial charge >= 0.3 is 0 Å². The number of hydrogen-bond donors (Lipinski definition) is 0. The van der Waals surface area contributed by atoms with Crippen LogP contribution in [0.5, 0.6) is 0 Å². The van der Waals surface area contributed by atoms with Crippen molar-refractivity contribution in [2.45, 2.75) is 6.92 Å². The Balaban J connectivity index is 2.80. The van der Waals surface area contributed by atoms with Crippen LogP contribution in [0, 0.1) is 0 Å². The van der Waals surface area contributed by atoms with Gasteiger partial charge in [-0.2, -0.15) is 0 Å². The number of carbonyl (C=O) groups excluding carboxylic acids is 1. The second kappa shape index (κ2) is 1.30. The van der Waals surface area contributed by atoms with Crippen LogP contribution >= 0.6 is 11.6 Å². The molecule has 0 aromatic carbocycles. The average Bonchev–Trinajstić information content (AvgIpc) is 0.811. The van der Waals surface area contributed by atoms with Crippen molar-refractivity contribution in [3.63, 3.8) is 0 Å². The Labute approximate surface area is 29.6 Å². The van der Waals surface area contributed by atoms with Gasteiger partial charge in [0.1, 0.15) is 0 Å². The van der Waals surface area contributed by atoms with Gasteiger partial charge in [0, 0.05) is 6.92 Å². The van der Waals surface area contributed by atoms with E-state index in [0.717, 1.165) is 0 Å². The summed E-state index contributed by atoms with van der Waals surface area (Å²) >= 11 is 4.64. The highest BCUT2D eigenvalue weighted by Gasteiger charge is 1.67. The molecule has 0 saturated carbocycles. The summed E-state index contributed by atoms with van der Waals surface area (Å²) in [6.45, 7) is 1.29. The van der Waals surface area contributed by atoms with Gasteiger partial charge in [-0.25, -0.2) is 0 Å². The Morgan fingerprint density at radius 3 is 2.00 bits per heavy atom. The van der Waals surface area contributed by atoms with E-state index in [9.17, 15) is 4.79 Å². The zero-order valence-corrected chi connectivity index (χ0v) is 3.04. The number of carbonyl (C=O) groups is 1. The number of halogens is 1. The molecule has 0 N–H and O–H groups in total. The molecule has 0 fully saturated rings. The molecule has 0 aliphatic rings. The molecule has 1 nitrogen and oxygen atoms in total. The van der Waals surface area contributed by atoms with Crippen LogP contribution in [0.4, 0.5) is 0 Å². The van der Waals surface area contributed by atoms with Gasteiger partial charge in [0.05, 0.1) is 0 Å². The summed E-state index contributed by atoms with van der Waals surface area (Å²) in [7, 11) is 0. The van der Waals surface area contributed by atoms with Gasteiger partial charge in [-0.05, 0) is 11.6 Å². The van der Waals surface area contributed by atoms with E-state index in [0.29, 0.717) is 0 Å². The molecule has 0 saturated heterocycles. The van der Waals surface area contributed by atoms with Crippen molar-refractivity contribution in [1.82, 2.24) is 0 Å². The third kappa shape index (κ3) is 1130. The van der Waals surface area contributed by atoms with Crippen LogP contribution in [-0.2, 0) is 4.79 Å². The zero-order chi connectivity index (χ0) is 3.58. The molecule has 0 aliphatic carbocycles. The SMILES string of the molecule is [14CH3]C(=O)Cl. The maximum atomic E-state index is 9.21. The molecule has 0 rings (SSSR count). The fraction of sp³-hybridized carbons (Fsp3) is 0.500. The minimum Gasteiger partial charge on any atom is -0.282 e. The molecule has 4 heavy (non-hydrogen) atoms. The van der Waals surface area contributed by atoms with Crippen molar-refractivity contribution in [3.8, 4) is 0 Å². The monoisotopic (exact) mass is 80.0 g/mol.